The smallest absolute Gasteiger partial charge is 0.303 e. The van der Waals surface area contributed by atoms with Crippen LogP contribution in [0.1, 0.15) is 49.1 Å². The van der Waals surface area contributed by atoms with Crippen molar-refractivity contribution < 1.29 is 14.6 Å². The first-order chi connectivity index (χ1) is 9.68. The summed E-state index contributed by atoms with van der Waals surface area (Å²) in [5.74, 6) is -0.225. The third-order valence-electron chi connectivity index (χ3n) is 3.98. The molecule has 1 fully saturated rings. The van der Waals surface area contributed by atoms with E-state index in [1.807, 2.05) is 0 Å². The molecule has 1 heterocycles. The summed E-state index contributed by atoms with van der Waals surface area (Å²) in [6, 6.07) is 6.23. The summed E-state index contributed by atoms with van der Waals surface area (Å²) in [6.45, 7) is 1.62. The summed E-state index contributed by atoms with van der Waals surface area (Å²) in [7, 11) is 0. The highest BCUT2D eigenvalue weighted by Crippen LogP contribution is 2.33. The monoisotopic (exact) mass is 277 g/mol. The Labute approximate surface area is 119 Å². The minimum Gasteiger partial charge on any atom is -0.481 e. The summed E-state index contributed by atoms with van der Waals surface area (Å²) in [6.07, 6.45) is 4.74. The fourth-order valence-corrected chi connectivity index (χ4v) is 2.81. The van der Waals surface area contributed by atoms with E-state index in [9.17, 15) is 4.79 Å². The van der Waals surface area contributed by atoms with E-state index in [2.05, 4.69) is 18.2 Å². The van der Waals surface area contributed by atoms with E-state index in [4.69, 9.17) is 15.6 Å². The predicted octanol–water partition coefficient (Wildman–Crippen LogP) is 2.96. The van der Waals surface area contributed by atoms with Gasteiger partial charge in [-0.3, -0.25) is 4.79 Å². The number of carboxylic acids is 1. The summed E-state index contributed by atoms with van der Waals surface area (Å²) in [5.41, 5.74) is 9.59. The molecule has 2 rings (SSSR count). The molecule has 0 aromatic heterocycles. The highest BCUT2D eigenvalue weighted by Gasteiger charge is 2.19. The number of hydrogen-bond acceptors (Lipinski definition) is 3. The highest BCUT2D eigenvalue weighted by atomic mass is 16.5. The summed E-state index contributed by atoms with van der Waals surface area (Å²) < 4.78 is 5.40. The third kappa shape index (κ3) is 3.97. The molecule has 0 atom stereocenters. The van der Waals surface area contributed by atoms with Gasteiger partial charge in [-0.2, -0.15) is 0 Å². The van der Waals surface area contributed by atoms with Gasteiger partial charge in [-0.1, -0.05) is 18.2 Å². The Morgan fingerprint density at radius 2 is 2.05 bits per heavy atom. The summed E-state index contributed by atoms with van der Waals surface area (Å²) in [5, 5.41) is 8.64. The van der Waals surface area contributed by atoms with Crippen molar-refractivity contribution in [2.24, 2.45) is 0 Å². The topological polar surface area (TPSA) is 72.6 Å². The Bertz CT molecular complexity index is 453. The van der Waals surface area contributed by atoms with Crippen LogP contribution in [0.25, 0.3) is 0 Å². The molecule has 1 saturated heterocycles. The molecule has 0 amide bonds. The number of hydrogen-bond donors (Lipinski definition) is 2. The molecular formula is C16H23NO3. The number of anilines is 1. The number of nitrogen functional groups attached to an aromatic ring is 1. The molecule has 0 spiro atoms. The maximum atomic E-state index is 10.5. The number of ether oxygens (including phenoxy) is 1. The molecule has 1 aliphatic heterocycles. The van der Waals surface area contributed by atoms with Gasteiger partial charge in [-0.15, -0.1) is 0 Å². The SMILES string of the molecule is Nc1c(CCCCC(=O)O)cccc1C1CCOCC1. The quantitative estimate of drug-likeness (QED) is 0.619. The zero-order valence-corrected chi connectivity index (χ0v) is 11.8. The first-order valence-electron chi connectivity index (χ1n) is 7.35. The summed E-state index contributed by atoms with van der Waals surface area (Å²) in [4.78, 5) is 10.5. The maximum Gasteiger partial charge on any atom is 0.303 e. The van der Waals surface area contributed by atoms with Crippen LogP contribution >= 0.6 is 0 Å². The van der Waals surface area contributed by atoms with Crippen molar-refractivity contribution in [1.82, 2.24) is 0 Å². The van der Waals surface area contributed by atoms with Gasteiger partial charge >= 0.3 is 5.97 Å². The van der Waals surface area contributed by atoms with Gasteiger partial charge in [0, 0.05) is 25.3 Å². The number of benzene rings is 1. The first-order valence-corrected chi connectivity index (χ1v) is 7.35. The van der Waals surface area contributed by atoms with Crippen molar-refractivity contribution >= 4 is 11.7 Å². The Kier molecular flexibility index (Phi) is 5.41. The number of aryl methyl sites for hydroxylation is 1. The minimum absolute atomic E-state index is 0.236. The number of aliphatic carboxylic acids is 1. The Morgan fingerprint density at radius 1 is 1.30 bits per heavy atom. The minimum atomic E-state index is -0.728. The molecule has 110 valence electrons. The van der Waals surface area contributed by atoms with Gasteiger partial charge in [0.15, 0.2) is 0 Å². The average Bonchev–Trinajstić information content (AvgIpc) is 2.46. The second-order valence-electron chi connectivity index (χ2n) is 5.41. The third-order valence-corrected chi connectivity index (χ3v) is 3.98. The van der Waals surface area contributed by atoms with Gasteiger partial charge in [0.1, 0.15) is 0 Å². The number of rotatable bonds is 6. The van der Waals surface area contributed by atoms with E-state index in [1.165, 1.54) is 5.56 Å². The van der Waals surface area contributed by atoms with Crippen LogP contribution in [0.2, 0.25) is 0 Å². The molecule has 0 aliphatic carbocycles. The van der Waals surface area contributed by atoms with E-state index < -0.39 is 5.97 Å². The van der Waals surface area contributed by atoms with Crippen LogP contribution in [-0.4, -0.2) is 24.3 Å². The molecule has 0 saturated carbocycles. The van der Waals surface area contributed by atoms with Crippen LogP contribution in [0.4, 0.5) is 5.69 Å². The molecule has 0 radical (unpaired) electrons. The van der Waals surface area contributed by atoms with Crippen LogP contribution in [0.3, 0.4) is 0 Å². The lowest BCUT2D eigenvalue weighted by Gasteiger charge is -2.24. The van der Waals surface area contributed by atoms with E-state index in [0.717, 1.165) is 50.1 Å². The van der Waals surface area contributed by atoms with Crippen molar-refractivity contribution in [1.29, 1.82) is 0 Å². The predicted molar refractivity (Wildman–Crippen MR) is 78.8 cm³/mol. The van der Waals surface area contributed by atoms with Crippen LogP contribution in [-0.2, 0) is 16.0 Å². The van der Waals surface area contributed by atoms with Gasteiger partial charge in [0.05, 0.1) is 0 Å². The molecule has 1 aromatic carbocycles. The Morgan fingerprint density at radius 3 is 2.75 bits per heavy atom. The zero-order chi connectivity index (χ0) is 14.4. The van der Waals surface area contributed by atoms with Gasteiger partial charge in [0.25, 0.3) is 0 Å². The van der Waals surface area contributed by atoms with Crippen molar-refractivity contribution in [2.45, 2.75) is 44.4 Å². The molecule has 20 heavy (non-hydrogen) atoms. The van der Waals surface area contributed by atoms with E-state index >= 15 is 0 Å². The second-order valence-corrected chi connectivity index (χ2v) is 5.41. The van der Waals surface area contributed by atoms with E-state index in [-0.39, 0.29) is 6.42 Å². The molecule has 4 heteroatoms. The first kappa shape index (κ1) is 14.9. The van der Waals surface area contributed by atoms with Crippen LogP contribution in [0.15, 0.2) is 18.2 Å². The van der Waals surface area contributed by atoms with Gasteiger partial charge < -0.3 is 15.6 Å². The molecule has 3 N–H and O–H groups in total. The largest absolute Gasteiger partial charge is 0.481 e. The zero-order valence-electron chi connectivity index (χ0n) is 11.8. The molecular weight excluding hydrogens is 254 g/mol. The van der Waals surface area contributed by atoms with Gasteiger partial charge in [0.2, 0.25) is 0 Å². The van der Waals surface area contributed by atoms with E-state index in [1.54, 1.807) is 0 Å². The molecule has 0 unspecified atom stereocenters. The number of carbonyl (C=O) groups is 1. The average molecular weight is 277 g/mol. The molecule has 1 aliphatic rings. The molecule has 4 nitrogen and oxygen atoms in total. The molecule has 0 bridgehead atoms. The van der Waals surface area contributed by atoms with Crippen LogP contribution in [0, 0.1) is 0 Å². The second kappa shape index (κ2) is 7.29. The lowest BCUT2D eigenvalue weighted by molar-refractivity contribution is -0.137. The van der Waals surface area contributed by atoms with Crippen LogP contribution in [0.5, 0.6) is 0 Å². The lowest BCUT2D eigenvalue weighted by atomic mass is 9.88. The fraction of sp³-hybridized carbons (Fsp3) is 0.562. The van der Waals surface area contributed by atoms with Crippen LogP contribution < -0.4 is 5.73 Å². The Hall–Kier alpha value is -1.55. The number of para-hydroxylation sites is 1. The Balaban J connectivity index is 1.97. The highest BCUT2D eigenvalue weighted by molar-refractivity contribution is 5.66. The van der Waals surface area contributed by atoms with Crippen molar-refractivity contribution in [3.8, 4) is 0 Å². The normalized spacial score (nSPS) is 16.2. The van der Waals surface area contributed by atoms with E-state index in [0.29, 0.717) is 12.3 Å². The summed E-state index contributed by atoms with van der Waals surface area (Å²) >= 11 is 0. The molecule has 1 aromatic rings. The number of carboxylic acid groups (broad SMARTS) is 1. The standard InChI is InChI=1S/C16H23NO3/c17-16-13(4-1-2-7-15(18)19)5-3-6-14(16)12-8-10-20-11-9-12/h3,5-6,12H,1-2,4,7-11,17H2,(H,18,19). The number of nitrogens with two attached hydrogens (primary N) is 1. The number of unbranched alkanes of at least 4 members (excludes halogenated alkanes) is 1. The fourth-order valence-electron chi connectivity index (χ4n) is 2.81. The van der Waals surface area contributed by atoms with Crippen molar-refractivity contribution in [3.05, 3.63) is 29.3 Å². The maximum absolute atomic E-state index is 10.5. The van der Waals surface area contributed by atoms with Crippen molar-refractivity contribution in [2.75, 3.05) is 18.9 Å². The van der Waals surface area contributed by atoms with Crippen molar-refractivity contribution in [3.63, 3.8) is 0 Å². The lowest BCUT2D eigenvalue weighted by Crippen LogP contribution is -2.16. The van der Waals surface area contributed by atoms with Gasteiger partial charge in [-0.25, -0.2) is 0 Å². The van der Waals surface area contributed by atoms with Gasteiger partial charge in [-0.05, 0) is 49.1 Å².